The molecule has 3 rings (SSSR count). The molecule has 0 aliphatic rings. The van der Waals surface area contributed by atoms with Gasteiger partial charge in [0.15, 0.2) is 0 Å². The van der Waals surface area contributed by atoms with Crippen LogP contribution < -0.4 is 0 Å². The van der Waals surface area contributed by atoms with Crippen molar-refractivity contribution in [3.05, 3.63) is 53.1 Å². The molecule has 0 radical (unpaired) electrons. The predicted molar refractivity (Wildman–Crippen MR) is 74.8 cm³/mol. The average Bonchev–Trinajstić information content (AvgIpc) is 2.72. The monoisotopic (exact) mass is 259 g/mol. The van der Waals surface area contributed by atoms with E-state index in [1.54, 1.807) is 11.3 Å². The Morgan fingerprint density at radius 2 is 2.00 bits per heavy atom. The summed E-state index contributed by atoms with van der Waals surface area (Å²) in [6.07, 6.45) is 0. The minimum atomic E-state index is 0.761. The van der Waals surface area contributed by atoms with Crippen LogP contribution in [0.2, 0.25) is 5.02 Å². The number of halogens is 1. The van der Waals surface area contributed by atoms with Crippen LogP contribution in [0.1, 0.15) is 5.56 Å². The summed E-state index contributed by atoms with van der Waals surface area (Å²) >= 11 is 7.66. The molecule has 84 valence electrons. The maximum Gasteiger partial charge on any atom is 0.124 e. The highest BCUT2D eigenvalue weighted by molar-refractivity contribution is 7.21. The van der Waals surface area contributed by atoms with Crippen molar-refractivity contribution in [2.75, 3.05) is 0 Å². The molecular weight excluding hydrogens is 250 g/mol. The molecule has 0 spiro atoms. The highest BCUT2D eigenvalue weighted by Gasteiger charge is 2.06. The van der Waals surface area contributed by atoms with E-state index in [1.807, 2.05) is 18.2 Å². The van der Waals surface area contributed by atoms with E-state index < -0.39 is 0 Å². The Kier molecular flexibility index (Phi) is 2.61. The summed E-state index contributed by atoms with van der Waals surface area (Å²) in [6.45, 7) is 2.09. The number of aryl methyl sites for hydroxylation is 1. The van der Waals surface area contributed by atoms with E-state index in [0.717, 1.165) is 20.2 Å². The van der Waals surface area contributed by atoms with Crippen LogP contribution in [0.3, 0.4) is 0 Å². The fourth-order valence-electron chi connectivity index (χ4n) is 1.80. The number of benzene rings is 2. The highest BCUT2D eigenvalue weighted by atomic mass is 35.5. The van der Waals surface area contributed by atoms with E-state index in [9.17, 15) is 0 Å². The van der Waals surface area contributed by atoms with Crippen molar-refractivity contribution < 1.29 is 0 Å². The number of nitrogens with zero attached hydrogens (tertiary/aromatic N) is 1. The molecular formula is C14H10ClNS. The van der Waals surface area contributed by atoms with E-state index in [0.29, 0.717) is 0 Å². The van der Waals surface area contributed by atoms with Crippen LogP contribution >= 0.6 is 22.9 Å². The first-order valence-corrected chi connectivity index (χ1v) is 6.55. The topological polar surface area (TPSA) is 12.9 Å². The Morgan fingerprint density at radius 1 is 1.12 bits per heavy atom. The summed E-state index contributed by atoms with van der Waals surface area (Å²) in [7, 11) is 0. The Morgan fingerprint density at radius 3 is 2.82 bits per heavy atom. The summed E-state index contributed by atoms with van der Waals surface area (Å²) in [6, 6.07) is 14.2. The molecule has 0 N–H and O–H groups in total. The third-order valence-electron chi connectivity index (χ3n) is 2.62. The molecule has 3 heteroatoms. The fraction of sp³-hybridized carbons (Fsp3) is 0.0714. The first-order valence-electron chi connectivity index (χ1n) is 5.35. The Bertz CT molecular complexity index is 688. The molecule has 0 unspecified atom stereocenters. The van der Waals surface area contributed by atoms with Crippen LogP contribution in [0.5, 0.6) is 0 Å². The molecule has 2 aromatic carbocycles. The van der Waals surface area contributed by atoms with Gasteiger partial charge in [-0.2, -0.15) is 0 Å². The van der Waals surface area contributed by atoms with E-state index >= 15 is 0 Å². The number of aromatic nitrogens is 1. The van der Waals surface area contributed by atoms with Crippen LogP contribution in [0.15, 0.2) is 42.5 Å². The molecule has 17 heavy (non-hydrogen) atoms. The lowest BCUT2D eigenvalue weighted by Gasteiger charge is -1.96. The van der Waals surface area contributed by atoms with Gasteiger partial charge in [0.1, 0.15) is 5.01 Å². The van der Waals surface area contributed by atoms with Crippen LogP contribution in [0.4, 0.5) is 0 Å². The van der Waals surface area contributed by atoms with Gasteiger partial charge in [-0.05, 0) is 31.2 Å². The molecule has 0 bridgehead atoms. The van der Waals surface area contributed by atoms with Crippen LogP contribution in [-0.2, 0) is 0 Å². The van der Waals surface area contributed by atoms with Gasteiger partial charge in [-0.3, -0.25) is 0 Å². The molecule has 1 heterocycles. The van der Waals surface area contributed by atoms with Crippen molar-refractivity contribution in [3.63, 3.8) is 0 Å². The van der Waals surface area contributed by atoms with Gasteiger partial charge in [-0.25, -0.2) is 4.98 Å². The third-order valence-corrected chi connectivity index (χ3v) is 3.92. The SMILES string of the molecule is Cc1cccc(-c2nc3ccc(Cl)cc3s2)c1. The lowest BCUT2D eigenvalue weighted by molar-refractivity contribution is 1.43. The molecule has 0 aliphatic carbocycles. The van der Waals surface area contributed by atoms with Gasteiger partial charge in [0.25, 0.3) is 0 Å². The minimum absolute atomic E-state index is 0.761. The summed E-state index contributed by atoms with van der Waals surface area (Å²) in [5.74, 6) is 0. The van der Waals surface area contributed by atoms with E-state index in [-0.39, 0.29) is 0 Å². The lowest BCUT2D eigenvalue weighted by atomic mass is 10.1. The zero-order chi connectivity index (χ0) is 11.8. The maximum absolute atomic E-state index is 5.98. The molecule has 0 fully saturated rings. The molecule has 0 saturated carbocycles. The van der Waals surface area contributed by atoms with Gasteiger partial charge in [0, 0.05) is 10.6 Å². The van der Waals surface area contributed by atoms with Gasteiger partial charge in [-0.1, -0.05) is 35.4 Å². The molecule has 0 aliphatic heterocycles. The molecule has 3 aromatic rings. The van der Waals surface area contributed by atoms with Gasteiger partial charge >= 0.3 is 0 Å². The molecule has 0 amide bonds. The maximum atomic E-state index is 5.98. The second-order valence-electron chi connectivity index (χ2n) is 4.00. The predicted octanol–water partition coefficient (Wildman–Crippen LogP) is 4.93. The van der Waals surface area contributed by atoms with Crippen molar-refractivity contribution in [2.45, 2.75) is 6.92 Å². The van der Waals surface area contributed by atoms with Gasteiger partial charge in [0.2, 0.25) is 0 Å². The molecule has 0 saturated heterocycles. The van der Waals surface area contributed by atoms with Crippen molar-refractivity contribution in [1.82, 2.24) is 4.98 Å². The second-order valence-corrected chi connectivity index (χ2v) is 5.47. The number of rotatable bonds is 1. The Balaban J connectivity index is 2.18. The van der Waals surface area contributed by atoms with Crippen molar-refractivity contribution in [2.24, 2.45) is 0 Å². The number of hydrogen-bond acceptors (Lipinski definition) is 2. The van der Waals surface area contributed by atoms with E-state index in [4.69, 9.17) is 11.6 Å². The number of fused-ring (bicyclic) bond motifs is 1. The molecule has 1 nitrogen and oxygen atoms in total. The zero-order valence-corrected chi connectivity index (χ0v) is 10.8. The summed E-state index contributed by atoms with van der Waals surface area (Å²) < 4.78 is 1.13. The average molecular weight is 260 g/mol. The van der Waals surface area contributed by atoms with E-state index in [1.165, 1.54) is 11.1 Å². The number of thiazole rings is 1. The lowest BCUT2D eigenvalue weighted by Crippen LogP contribution is -1.77. The Hall–Kier alpha value is -1.38. The first kappa shape index (κ1) is 10.8. The first-order chi connectivity index (χ1) is 8.22. The third kappa shape index (κ3) is 2.06. The number of hydrogen-bond donors (Lipinski definition) is 0. The summed E-state index contributed by atoms with van der Waals surface area (Å²) in [4.78, 5) is 4.63. The second kappa shape index (κ2) is 4.13. The molecule has 1 aromatic heterocycles. The fourth-order valence-corrected chi connectivity index (χ4v) is 3.04. The van der Waals surface area contributed by atoms with Crippen molar-refractivity contribution in [1.29, 1.82) is 0 Å². The van der Waals surface area contributed by atoms with Gasteiger partial charge < -0.3 is 0 Å². The normalized spacial score (nSPS) is 10.9. The zero-order valence-electron chi connectivity index (χ0n) is 9.27. The van der Waals surface area contributed by atoms with Crippen LogP contribution in [0, 0.1) is 6.92 Å². The van der Waals surface area contributed by atoms with Crippen LogP contribution in [-0.4, -0.2) is 4.98 Å². The largest absolute Gasteiger partial charge is 0.236 e. The Labute approximate surface area is 109 Å². The van der Waals surface area contributed by atoms with Crippen molar-refractivity contribution in [3.8, 4) is 10.6 Å². The summed E-state index contributed by atoms with van der Waals surface area (Å²) in [5.41, 5.74) is 3.43. The van der Waals surface area contributed by atoms with Crippen molar-refractivity contribution >= 4 is 33.2 Å². The van der Waals surface area contributed by atoms with E-state index in [2.05, 4.69) is 36.2 Å². The summed E-state index contributed by atoms with van der Waals surface area (Å²) in [5, 5.41) is 1.81. The minimum Gasteiger partial charge on any atom is -0.236 e. The van der Waals surface area contributed by atoms with Gasteiger partial charge in [0.05, 0.1) is 10.2 Å². The molecule has 0 atom stereocenters. The highest BCUT2D eigenvalue weighted by Crippen LogP contribution is 2.31. The van der Waals surface area contributed by atoms with Gasteiger partial charge in [-0.15, -0.1) is 11.3 Å². The van der Waals surface area contributed by atoms with Crippen LogP contribution in [0.25, 0.3) is 20.8 Å². The standard InChI is InChI=1S/C14H10ClNS/c1-9-3-2-4-10(7-9)14-16-12-6-5-11(15)8-13(12)17-14/h2-8H,1H3. The smallest absolute Gasteiger partial charge is 0.124 e. The quantitative estimate of drug-likeness (QED) is 0.604.